The number of anilines is 4. The summed E-state index contributed by atoms with van der Waals surface area (Å²) in [4.78, 5) is 0. The van der Waals surface area contributed by atoms with Crippen LogP contribution < -0.4 is 16.3 Å². The van der Waals surface area contributed by atoms with Crippen LogP contribution in [0.4, 0.5) is 22.7 Å². The van der Waals surface area contributed by atoms with E-state index in [4.69, 9.17) is 5.63 Å². The Bertz CT molecular complexity index is 1350. The van der Waals surface area contributed by atoms with Crippen LogP contribution in [0.1, 0.15) is 0 Å². The van der Waals surface area contributed by atoms with Gasteiger partial charge in [0.2, 0.25) is 0 Å². The molecule has 0 heterocycles. The first-order valence-corrected chi connectivity index (χ1v) is 18.0. The molecule has 4 aromatic rings. The number of hydrogen-bond donors (Lipinski definition) is 2. The van der Waals surface area contributed by atoms with Crippen LogP contribution in [-0.2, 0) is 21.1 Å². The van der Waals surface area contributed by atoms with Crippen molar-refractivity contribution in [1.82, 2.24) is 0 Å². The Morgan fingerprint density at radius 3 is 1.10 bits per heavy atom. The SMILES string of the molecule is C1=C[CH]([Zr]([O]c2ccc(Nc3ccccc3)cc2)([O]c2ccc(Nc3ccccc3)cc2)[CH]2C=CC=C2)C=C1. The molecule has 2 aliphatic rings. The maximum absolute atomic E-state index is 7.04. The van der Waals surface area contributed by atoms with E-state index in [-0.39, 0.29) is 7.25 Å². The van der Waals surface area contributed by atoms with Crippen molar-refractivity contribution in [3.8, 4) is 11.5 Å². The number of allylic oxidation sites excluding steroid dienone is 8. The first-order valence-electron chi connectivity index (χ1n) is 13.2. The molecule has 0 fully saturated rings. The van der Waals surface area contributed by atoms with Crippen LogP contribution in [0.3, 0.4) is 0 Å². The Hall–Kier alpha value is -4.08. The van der Waals surface area contributed by atoms with Crippen LogP contribution in [0, 0.1) is 0 Å². The molecular formula is C34H30N2O2Zr. The quantitative estimate of drug-likeness (QED) is 0.193. The van der Waals surface area contributed by atoms with Crippen molar-refractivity contribution >= 4 is 22.7 Å². The van der Waals surface area contributed by atoms with Crippen molar-refractivity contribution in [3.63, 3.8) is 0 Å². The summed E-state index contributed by atoms with van der Waals surface area (Å²) in [6, 6.07) is 36.7. The van der Waals surface area contributed by atoms with Crippen LogP contribution in [0.5, 0.6) is 11.5 Å². The van der Waals surface area contributed by atoms with Gasteiger partial charge in [-0.05, 0) is 0 Å². The zero-order valence-electron chi connectivity index (χ0n) is 21.5. The fraction of sp³-hybridized carbons (Fsp3) is 0.0588. The zero-order valence-corrected chi connectivity index (χ0v) is 23.9. The van der Waals surface area contributed by atoms with Gasteiger partial charge in [-0.3, -0.25) is 0 Å². The third-order valence-corrected chi connectivity index (χ3v) is 16.0. The van der Waals surface area contributed by atoms with Crippen molar-refractivity contribution in [2.75, 3.05) is 10.6 Å². The van der Waals surface area contributed by atoms with Gasteiger partial charge in [-0.15, -0.1) is 0 Å². The van der Waals surface area contributed by atoms with Crippen molar-refractivity contribution in [2.24, 2.45) is 0 Å². The van der Waals surface area contributed by atoms with Crippen LogP contribution in [0.15, 0.2) is 158 Å². The van der Waals surface area contributed by atoms with E-state index in [1.54, 1.807) is 0 Å². The number of nitrogens with one attached hydrogen (secondary N) is 2. The van der Waals surface area contributed by atoms with Crippen LogP contribution in [-0.4, -0.2) is 0 Å². The second-order valence-electron chi connectivity index (χ2n) is 9.55. The normalized spacial score (nSPS) is 14.6. The topological polar surface area (TPSA) is 42.5 Å². The number of benzene rings is 4. The van der Waals surface area contributed by atoms with E-state index in [9.17, 15) is 0 Å². The summed E-state index contributed by atoms with van der Waals surface area (Å²) in [5.41, 5.74) is 4.13. The summed E-state index contributed by atoms with van der Waals surface area (Å²) >= 11 is -3.99. The first kappa shape index (κ1) is 25.2. The van der Waals surface area contributed by atoms with Gasteiger partial charge in [-0.1, -0.05) is 0 Å². The number of hydrogen-bond acceptors (Lipinski definition) is 4. The molecule has 0 unspecified atom stereocenters. The van der Waals surface area contributed by atoms with Gasteiger partial charge in [0.15, 0.2) is 0 Å². The average Bonchev–Trinajstić information content (AvgIpc) is 3.72. The van der Waals surface area contributed by atoms with E-state index in [0.29, 0.717) is 0 Å². The van der Waals surface area contributed by atoms with Gasteiger partial charge in [0, 0.05) is 0 Å². The molecule has 2 N–H and O–H groups in total. The van der Waals surface area contributed by atoms with Gasteiger partial charge in [-0.2, -0.15) is 0 Å². The predicted octanol–water partition coefficient (Wildman–Crippen LogP) is 9.44. The molecule has 192 valence electrons. The van der Waals surface area contributed by atoms with Gasteiger partial charge >= 0.3 is 237 Å². The molecule has 4 nitrogen and oxygen atoms in total. The van der Waals surface area contributed by atoms with Gasteiger partial charge < -0.3 is 0 Å². The Morgan fingerprint density at radius 1 is 0.410 bits per heavy atom. The number of para-hydroxylation sites is 2. The second kappa shape index (κ2) is 11.8. The molecule has 0 aliphatic heterocycles. The molecule has 4 aromatic carbocycles. The summed E-state index contributed by atoms with van der Waals surface area (Å²) in [5, 5.41) is 6.89. The van der Waals surface area contributed by atoms with Crippen molar-refractivity contribution < 1.29 is 26.8 Å². The monoisotopic (exact) mass is 588 g/mol. The van der Waals surface area contributed by atoms with E-state index in [1.165, 1.54) is 0 Å². The third-order valence-electron chi connectivity index (χ3n) is 6.81. The number of rotatable bonds is 10. The Labute approximate surface area is 235 Å². The summed E-state index contributed by atoms with van der Waals surface area (Å²) in [6.07, 6.45) is 17.3. The summed E-state index contributed by atoms with van der Waals surface area (Å²) in [7, 11) is 0. The van der Waals surface area contributed by atoms with Gasteiger partial charge in [0.05, 0.1) is 0 Å². The average molecular weight is 590 g/mol. The van der Waals surface area contributed by atoms with Crippen molar-refractivity contribution in [3.05, 3.63) is 158 Å². The molecule has 2 aliphatic carbocycles. The summed E-state index contributed by atoms with van der Waals surface area (Å²) in [6.45, 7) is 0. The molecular weight excluding hydrogens is 560 g/mol. The molecule has 0 aromatic heterocycles. The minimum absolute atomic E-state index is 0.126. The molecule has 0 radical (unpaired) electrons. The second-order valence-corrected chi connectivity index (χ2v) is 17.4. The zero-order chi connectivity index (χ0) is 26.3. The van der Waals surface area contributed by atoms with Crippen LogP contribution in [0.2, 0.25) is 7.25 Å². The molecule has 0 spiro atoms. The molecule has 0 bridgehead atoms. The van der Waals surface area contributed by atoms with Gasteiger partial charge in [0.1, 0.15) is 0 Å². The molecule has 6 rings (SSSR count). The van der Waals surface area contributed by atoms with E-state index in [0.717, 1.165) is 34.2 Å². The predicted molar refractivity (Wildman–Crippen MR) is 158 cm³/mol. The van der Waals surface area contributed by atoms with Gasteiger partial charge in [-0.25, -0.2) is 0 Å². The Kier molecular flexibility index (Phi) is 7.60. The Morgan fingerprint density at radius 2 is 0.744 bits per heavy atom. The van der Waals surface area contributed by atoms with Gasteiger partial charge in [0.25, 0.3) is 0 Å². The molecule has 0 saturated carbocycles. The van der Waals surface area contributed by atoms with Crippen LogP contribution >= 0.6 is 0 Å². The fourth-order valence-electron chi connectivity index (χ4n) is 4.87. The van der Waals surface area contributed by atoms with E-state index in [2.05, 4.69) is 108 Å². The van der Waals surface area contributed by atoms with Crippen molar-refractivity contribution in [1.29, 1.82) is 0 Å². The first-order chi connectivity index (χ1) is 19.3. The van der Waals surface area contributed by atoms with E-state index >= 15 is 0 Å². The van der Waals surface area contributed by atoms with E-state index < -0.39 is 21.1 Å². The van der Waals surface area contributed by atoms with E-state index in [1.807, 2.05) is 60.7 Å². The standard InChI is InChI=1S/2C12H11NO.2C5H5.Zr/c2*14-12-8-6-11(7-9-12)13-10-4-2-1-3-5-10;2*1-2-4-5-3-1;/h2*1-9,13-14H;2*1-5H;/q;;;;+2/p-2. The molecule has 0 saturated heterocycles. The third kappa shape index (κ3) is 6.00. The molecule has 0 amide bonds. The van der Waals surface area contributed by atoms with Crippen LogP contribution in [0.25, 0.3) is 0 Å². The maximum atomic E-state index is 7.04. The Balaban J connectivity index is 1.27. The molecule has 39 heavy (non-hydrogen) atoms. The minimum atomic E-state index is -3.99. The fourth-order valence-corrected chi connectivity index (χ4v) is 13.6. The van der Waals surface area contributed by atoms with Crippen molar-refractivity contribution in [2.45, 2.75) is 7.25 Å². The summed E-state index contributed by atoms with van der Waals surface area (Å²) < 4.78 is 14.3. The summed E-state index contributed by atoms with van der Waals surface area (Å²) in [5.74, 6) is 1.66. The molecule has 0 atom stereocenters. The molecule has 5 heteroatoms.